The monoisotopic (exact) mass is 248 g/mol. The normalized spacial score (nSPS) is 10.5. The number of nitrogen functional groups attached to an aromatic ring is 1. The number of carbonyl (C=O) groups is 1. The van der Waals surface area contributed by atoms with Gasteiger partial charge in [-0.1, -0.05) is 0 Å². The average Bonchev–Trinajstić information content (AvgIpc) is 2.94. The van der Waals surface area contributed by atoms with Gasteiger partial charge in [-0.15, -0.1) is 0 Å². The fourth-order valence-electron chi connectivity index (χ4n) is 1.72. The molecule has 2 heterocycles. The van der Waals surface area contributed by atoms with E-state index in [1.165, 1.54) is 6.33 Å². The lowest BCUT2D eigenvalue weighted by molar-refractivity contribution is 0.0945. The highest BCUT2D eigenvalue weighted by molar-refractivity contribution is 5.93. The number of nitrogens with one attached hydrogen (secondary N) is 2. The Balaban J connectivity index is 1.77. The molecule has 7 heteroatoms. The van der Waals surface area contributed by atoms with Crippen molar-refractivity contribution < 1.29 is 4.79 Å². The predicted molar refractivity (Wildman–Crippen MR) is 66.9 cm³/mol. The van der Waals surface area contributed by atoms with Gasteiger partial charge in [0.15, 0.2) is 0 Å². The Morgan fingerprint density at radius 3 is 3.06 bits per heavy atom. The first-order valence-corrected chi connectivity index (χ1v) is 5.71. The molecule has 0 unspecified atom stereocenters. The van der Waals surface area contributed by atoms with Gasteiger partial charge in [-0.05, 0) is 12.5 Å². The zero-order valence-electron chi connectivity index (χ0n) is 10.2. The number of aromatic amines is 1. The lowest BCUT2D eigenvalue weighted by Crippen LogP contribution is -2.26. The number of nitrogens with two attached hydrogens (primary N) is 1. The third kappa shape index (κ3) is 2.88. The maximum atomic E-state index is 11.8. The molecule has 0 saturated heterocycles. The topological polar surface area (TPSA) is 102 Å². The van der Waals surface area contributed by atoms with Crippen LogP contribution in [0.5, 0.6) is 0 Å². The van der Waals surface area contributed by atoms with Gasteiger partial charge < -0.3 is 15.6 Å². The summed E-state index contributed by atoms with van der Waals surface area (Å²) in [6.07, 6.45) is 4.75. The van der Waals surface area contributed by atoms with Crippen LogP contribution in [0.2, 0.25) is 0 Å². The molecule has 0 bridgehead atoms. The molecule has 2 rings (SSSR count). The summed E-state index contributed by atoms with van der Waals surface area (Å²) in [5.41, 5.74) is 6.77. The highest BCUT2D eigenvalue weighted by Gasteiger charge is 2.09. The molecule has 18 heavy (non-hydrogen) atoms. The van der Waals surface area contributed by atoms with Crippen LogP contribution in [-0.4, -0.2) is 32.2 Å². The summed E-state index contributed by atoms with van der Waals surface area (Å²) in [6.45, 7) is 0.588. The van der Waals surface area contributed by atoms with Crippen molar-refractivity contribution in [3.63, 3.8) is 0 Å². The molecular weight excluding hydrogens is 232 g/mol. The summed E-state index contributed by atoms with van der Waals surface area (Å²) in [7, 11) is 1.79. The highest BCUT2D eigenvalue weighted by atomic mass is 16.1. The zero-order valence-corrected chi connectivity index (χ0v) is 10.2. The number of amides is 1. The second-order valence-corrected chi connectivity index (χ2v) is 4.06. The number of aryl methyl sites for hydroxylation is 2. The van der Waals surface area contributed by atoms with Crippen molar-refractivity contribution in [1.29, 1.82) is 0 Å². The van der Waals surface area contributed by atoms with Gasteiger partial charge in [0.25, 0.3) is 5.91 Å². The van der Waals surface area contributed by atoms with E-state index in [4.69, 9.17) is 5.73 Å². The van der Waals surface area contributed by atoms with E-state index in [2.05, 4.69) is 20.5 Å². The lowest BCUT2D eigenvalue weighted by Gasteiger charge is -2.05. The van der Waals surface area contributed by atoms with Crippen LogP contribution < -0.4 is 11.1 Å². The van der Waals surface area contributed by atoms with E-state index in [-0.39, 0.29) is 5.91 Å². The molecule has 2 aromatic heterocycles. The third-order valence-corrected chi connectivity index (χ3v) is 2.60. The van der Waals surface area contributed by atoms with Crippen LogP contribution in [0, 0.1) is 0 Å². The Kier molecular flexibility index (Phi) is 3.61. The minimum absolute atomic E-state index is 0.119. The van der Waals surface area contributed by atoms with Crippen LogP contribution in [-0.2, 0) is 13.5 Å². The van der Waals surface area contributed by atoms with Gasteiger partial charge in [0, 0.05) is 26.2 Å². The number of anilines is 1. The first kappa shape index (κ1) is 12.2. The van der Waals surface area contributed by atoms with Crippen molar-refractivity contribution in [3.05, 3.63) is 30.1 Å². The predicted octanol–water partition coefficient (Wildman–Crippen LogP) is 0.0880. The molecule has 0 radical (unpaired) electrons. The Hall–Kier alpha value is -2.31. The maximum absolute atomic E-state index is 11.8. The van der Waals surface area contributed by atoms with E-state index in [0.717, 1.165) is 18.7 Å². The van der Waals surface area contributed by atoms with Gasteiger partial charge in [0.2, 0.25) is 0 Å². The Labute approximate surface area is 104 Å². The minimum Gasteiger partial charge on any atom is -0.397 e. The number of hydrogen-bond acceptors (Lipinski definition) is 4. The standard InChI is InChI=1S/C11H16N6O/c1-17-6-8(12)5-9(17)11(18)13-4-2-3-10-14-7-15-16-10/h5-7H,2-4,12H2,1H3,(H,13,18)(H,14,15,16). The van der Waals surface area contributed by atoms with Crippen LogP contribution in [0.3, 0.4) is 0 Å². The van der Waals surface area contributed by atoms with E-state index in [9.17, 15) is 4.79 Å². The SMILES string of the molecule is Cn1cc(N)cc1C(=O)NCCCc1ncn[nH]1. The Morgan fingerprint density at radius 1 is 1.61 bits per heavy atom. The first-order valence-electron chi connectivity index (χ1n) is 5.71. The minimum atomic E-state index is -0.119. The molecule has 0 aromatic carbocycles. The molecule has 7 nitrogen and oxygen atoms in total. The van der Waals surface area contributed by atoms with Crippen LogP contribution in [0.15, 0.2) is 18.6 Å². The molecule has 96 valence electrons. The lowest BCUT2D eigenvalue weighted by atomic mass is 10.3. The smallest absolute Gasteiger partial charge is 0.267 e. The molecular formula is C11H16N6O. The van der Waals surface area contributed by atoms with Crippen LogP contribution in [0.4, 0.5) is 5.69 Å². The first-order chi connectivity index (χ1) is 8.66. The van der Waals surface area contributed by atoms with Gasteiger partial charge in [0.1, 0.15) is 17.8 Å². The summed E-state index contributed by atoms with van der Waals surface area (Å²) < 4.78 is 1.71. The molecule has 0 fully saturated rings. The summed E-state index contributed by atoms with van der Waals surface area (Å²) in [6, 6.07) is 1.66. The molecule has 0 saturated carbocycles. The van der Waals surface area contributed by atoms with Crippen LogP contribution >= 0.6 is 0 Å². The van der Waals surface area contributed by atoms with Crippen molar-refractivity contribution in [3.8, 4) is 0 Å². The van der Waals surface area contributed by atoms with E-state index in [1.54, 1.807) is 23.9 Å². The molecule has 2 aromatic rings. The second-order valence-electron chi connectivity index (χ2n) is 4.06. The van der Waals surface area contributed by atoms with Crippen molar-refractivity contribution in [2.24, 2.45) is 7.05 Å². The number of nitrogens with zero attached hydrogens (tertiary/aromatic N) is 3. The van der Waals surface area contributed by atoms with E-state index in [0.29, 0.717) is 17.9 Å². The van der Waals surface area contributed by atoms with Gasteiger partial charge in [-0.2, -0.15) is 5.10 Å². The number of carbonyl (C=O) groups excluding carboxylic acids is 1. The van der Waals surface area contributed by atoms with Gasteiger partial charge >= 0.3 is 0 Å². The van der Waals surface area contributed by atoms with Crippen molar-refractivity contribution >= 4 is 11.6 Å². The molecule has 1 amide bonds. The highest BCUT2D eigenvalue weighted by Crippen LogP contribution is 2.08. The number of hydrogen-bond donors (Lipinski definition) is 3. The number of H-pyrrole nitrogens is 1. The Bertz CT molecular complexity index is 516. The van der Waals surface area contributed by atoms with Gasteiger partial charge in [0.05, 0.1) is 5.69 Å². The Morgan fingerprint density at radius 2 is 2.44 bits per heavy atom. The molecule has 0 aliphatic carbocycles. The summed E-state index contributed by atoms with van der Waals surface area (Å²) >= 11 is 0. The molecule has 0 atom stereocenters. The van der Waals surface area contributed by atoms with Crippen molar-refractivity contribution in [2.75, 3.05) is 12.3 Å². The maximum Gasteiger partial charge on any atom is 0.267 e. The molecule has 0 spiro atoms. The van der Waals surface area contributed by atoms with Crippen LogP contribution in [0.25, 0.3) is 0 Å². The largest absolute Gasteiger partial charge is 0.397 e. The molecule has 0 aliphatic heterocycles. The average molecular weight is 248 g/mol. The fraction of sp³-hybridized carbons (Fsp3) is 0.364. The fourth-order valence-corrected chi connectivity index (χ4v) is 1.72. The zero-order chi connectivity index (χ0) is 13.0. The number of rotatable bonds is 5. The second kappa shape index (κ2) is 5.35. The summed E-state index contributed by atoms with van der Waals surface area (Å²) in [5, 5.41) is 9.37. The van der Waals surface area contributed by atoms with E-state index < -0.39 is 0 Å². The molecule has 4 N–H and O–H groups in total. The van der Waals surface area contributed by atoms with E-state index in [1.807, 2.05) is 0 Å². The third-order valence-electron chi connectivity index (χ3n) is 2.60. The summed E-state index contributed by atoms with van der Waals surface area (Å²) in [4.78, 5) is 15.8. The quantitative estimate of drug-likeness (QED) is 0.652. The van der Waals surface area contributed by atoms with Crippen molar-refractivity contribution in [1.82, 2.24) is 25.1 Å². The molecule has 0 aliphatic rings. The number of aromatic nitrogens is 4. The van der Waals surface area contributed by atoms with Crippen LogP contribution in [0.1, 0.15) is 22.7 Å². The van der Waals surface area contributed by atoms with E-state index >= 15 is 0 Å². The van der Waals surface area contributed by atoms with Crippen molar-refractivity contribution in [2.45, 2.75) is 12.8 Å². The van der Waals surface area contributed by atoms with Gasteiger partial charge in [-0.25, -0.2) is 4.98 Å². The van der Waals surface area contributed by atoms with Gasteiger partial charge in [-0.3, -0.25) is 9.89 Å². The summed E-state index contributed by atoms with van der Waals surface area (Å²) in [5.74, 6) is 0.708.